The summed E-state index contributed by atoms with van der Waals surface area (Å²) in [5, 5.41) is 0. The largest absolute Gasteiger partial charge is 0.489 e. The Hall–Kier alpha value is -1.92. The summed E-state index contributed by atoms with van der Waals surface area (Å²) in [6.45, 7) is 3.85. The Morgan fingerprint density at radius 1 is 1.09 bits per heavy atom. The van der Waals surface area contributed by atoms with Crippen LogP contribution in [-0.4, -0.2) is 50.3 Å². The normalized spacial score (nSPS) is 31.4. The number of nitrogens with two attached hydrogens (primary N) is 1. The van der Waals surface area contributed by atoms with Crippen molar-refractivity contribution in [3.8, 4) is 5.75 Å². The Labute approximate surface area is 190 Å². The monoisotopic (exact) mass is 442 g/mol. The standard InChI is InChI=1S/C26H35FN2O3/c27-14-20(15-28)16-32-22-4-2-21(3-5-22)25-6-1-7-26(17-25,9-8-25)23(30)29-18-24(19-29)10-12-31-13-11-24/h2-5,14H,1,6-13,15-19,28H2. The van der Waals surface area contributed by atoms with Crippen molar-refractivity contribution in [2.24, 2.45) is 16.6 Å². The fourth-order valence-electron chi connectivity index (χ4n) is 6.75. The van der Waals surface area contributed by atoms with Crippen LogP contribution in [-0.2, 0) is 14.9 Å². The van der Waals surface area contributed by atoms with Gasteiger partial charge in [0.2, 0.25) is 5.91 Å². The van der Waals surface area contributed by atoms with Crippen LogP contribution >= 0.6 is 0 Å². The number of benzene rings is 1. The molecule has 1 aromatic rings. The number of hydrogen-bond acceptors (Lipinski definition) is 4. The van der Waals surface area contributed by atoms with Crippen molar-refractivity contribution in [2.45, 2.75) is 56.8 Å². The smallest absolute Gasteiger partial charge is 0.228 e. The highest BCUT2D eigenvalue weighted by molar-refractivity contribution is 5.84. The van der Waals surface area contributed by atoms with Gasteiger partial charge in [-0.15, -0.1) is 0 Å². The van der Waals surface area contributed by atoms with E-state index in [1.165, 1.54) is 5.56 Å². The molecule has 2 aliphatic carbocycles. The first-order chi connectivity index (χ1) is 15.5. The molecule has 32 heavy (non-hydrogen) atoms. The highest BCUT2D eigenvalue weighted by Crippen LogP contribution is 2.61. The molecule has 5 rings (SSSR count). The number of rotatable bonds is 6. The van der Waals surface area contributed by atoms with Crippen LogP contribution in [0.2, 0.25) is 0 Å². The fraction of sp³-hybridized carbons (Fsp3) is 0.654. The van der Waals surface area contributed by atoms with Gasteiger partial charge in [0.05, 0.1) is 11.7 Å². The van der Waals surface area contributed by atoms with Crippen LogP contribution < -0.4 is 10.5 Å². The van der Waals surface area contributed by atoms with Crippen molar-refractivity contribution >= 4 is 5.91 Å². The summed E-state index contributed by atoms with van der Waals surface area (Å²) < 4.78 is 23.9. The molecule has 4 fully saturated rings. The molecule has 2 N–H and O–H groups in total. The number of likely N-dealkylation sites (tertiary alicyclic amines) is 1. The zero-order chi connectivity index (χ0) is 22.2. The first-order valence-corrected chi connectivity index (χ1v) is 12.1. The maximum atomic E-state index is 13.6. The van der Waals surface area contributed by atoms with Gasteiger partial charge in [0.25, 0.3) is 0 Å². The maximum Gasteiger partial charge on any atom is 0.228 e. The van der Waals surface area contributed by atoms with Crippen LogP contribution in [0.1, 0.15) is 56.9 Å². The van der Waals surface area contributed by atoms with Gasteiger partial charge in [-0.05, 0) is 68.1 Å². The molecule has 0 aromatic heterocycles. The summed E-state index contributed by atoms with van der Waals surface area (Å²) in [6, 6.07) is 8.22. The summed E-state index contributed by atoms with van der Waals surface area (Å²) in [5.74, 6) is 1.12. The van der Waals surface area contributed by atoms with Crippen molar-refractivity contribution in [1.29, 1.82) is 0 Å². The quantitative estimate of drug-likeness (QED) is 0.720. The lowest BCUT2D eigenvalue weighted by molar-refractivity contribution is -0.162. The van der Waals surface area contributed by atoms with Gasteiger partial charge in [-0.3, -0.25) is 4.79 Å². The van der Waals surface area contributed by atoms with E-state index in [0.29, 0.717) is 23.2 Å². The number of hydrogen-bond donors (Lipinski definition) is 1. The molecule has 6 heteroatoms. The van der Waals surface area contributed by atoms with Gasteiger partial charge in [0.15, 0.2) is 0 Å². The number of fused-ring (bicyclic) bond motifs is 2. The van der Waals surface area contributed by atoms with E-state index in [0.717, 1.165) is 83.4 Å². The summed E-state index contributed by atoms with van der Waals surface area (Å²) >= 11 is 0. The molecule has 1 spiro atoms. The van der Waals surface area contributed by atoms with Crippen molar-refractivity contribution in [1.82, 2.24) is 4.90 Å². The van der Waals surface area contributed by atoms with Crippen molar-refractivity contribution < 1.29 is 18.7 Å². The molecule has 0 radical (unpaired) electrons. The van der Waals surface area contributed by atoms with Crippen LogP contribution in [0.5, 0.6) is 5.75 Å². The summed E-state index contributed by atoms with van der Waals surface area (Å²) in [7, 11) is 0. The predicted molar refractivity (Wildman–Crippen MR) is 121 cm³/mol. The van der Waals surface area contributed by atoms with E-state index in [-0.39, 0.29) is 24.0 Å². The van der Waals surface area contributed by atoms with E-state index in [9.17, 15) is 9.18 Å². The number of halogens is 1. The Bertz CT molecular complexity index is 872. The minimum absolute atomic E-state index is 0.0922. The van der Waals surface area contributed by atoms with Gasteiger partial charge in [-0.1, -0.05) is 18.6 Å². The van der Waals surface area contributed by atoms with E-state index >= 15 is 0 Å². The van der Waals surface area contributed by atoms with Gasteiger partial charge >= 0.3 is 0 Å². The summed E-state index contributed by atoms with van der Waals surface area (Å²) in [5.41, 5.74) is 7.48. The first-order valence-electron chi connectivity index (χ1n) is 12.1. The second-order valence-electron chi connectivity index (χ2n) is 10.6. The topological polar surface area (TPSA) is 64.8 Å². The average molecular weight is 443 g/mol. The minimum Gasteiger partial charge on any atom is -0.489 e. The lowest BCUT2D eigenvalue weighted by Gasteiger charge is -2.54. The van der Waals surface area contributed by atoms with Crippen LogP contribution in [0.4, 0.5) is 4.39 Å². The van der Waals surface area contributed by atoms with Crippen molar-refractivity contribution in [3.05, 3.63) is 41.7 Å². The van der Waals surface area contributed by atoms with E-state index in [1.54, 1.807) is 0 Å². The van der Waals surface area contributed by atoms with Crippen LogP contribution in [0.3, 0.4) is 0 Å². The van der Waals surface area contributed by atoms with Gasteiger partial charge in [-0.25, -0.2) is 4.39 Å². The molecule has 2 bridgehead atoms. The molecule has 1 aromatic carbocycles. The van der Waals surface area contributed by atoms with E-state index < -0.39 is 0 Å². The molecule has 2 aliphatic heterocycles. The highest BCUT2D eigenvalue weighted by Gasteiger charge is 2.58. The molecular weight excluding hydrogens is 407 g/mol. The molecule has 4 aliphatic rings. The summed E-state index contributed by atoms with van der Waals surface area (Å²) in [6.07, 6.45) is 9.03. The zero-order valence-electron chi connectivity index (χ0n) is 18.9. The van der Waals surface area contributed by atoms with E-state index in [2.05, 4.69) is 17.0 Å². The van der Waals surface area contributed by atoms with Gasteiger partial charge in [-0.2, -0.15) is 0 Å². The van der Waals surface area contributed by atoms with Gasteiger partial charge < -0.3 is 20.1 Å². The number of amides is 1. The molecule has 1 amide bonds. The predicted octanol–water partition coefficient (Wildman–Crippen LogP) is 4.11. The molecule has 2 saturated heterocycles. The number of ether oxygens (including phenoxy) is 2. The third kappa shape index (κ3) is 3.75. The maximum absolute atomic E-state index is 13.6. The minimum atomic E-state index is -0.178. The highest BCUT2D eigenvalue weighted by atomic mass is 19.1. The van der Waals surface area contributed by atoms with E-state index in [1.807, 2.05) is 12.1 Å². The lowest BCUT2D eigenvalue weighted by atomic mass is 9.64. The molecule has 174 valence electrons. The van der Waals surface area contributed by atoms with Crippen LogP contribution in [0.25, 0.3) is 0 Å². The Morgan fingerprint density at radius 2 is 1.84 bits per heavy atom. The van der Waals surface area contributed by atoms with Gasteiger partial charge in [0, 0.05) is 43.8 Å². The number of carbonyl (C=O) groups excluding carboxylic acids is 1. The second-order valence-corrected chi connectivity index (χ2v) is 10.6. The number of carbonyl (C=O) groups is 1. The second kappa shape index (κ2) is 8.45. The van der Waals surface area contributed by atoms with Crippen molar-refractivity contribution in [3.63, 3.8) is 0 Å². The van der Waals surface area contributed by atoms with Crippen LogP contribution in [0.15, 0.2) is 36.2 Å². The Morgan fingerprint density at radius 3 is 2.53 bits per heavy atom. The third-order valence-electron chi connectivity index (χ3n) is 8.72. The Kier molecular flexibility index (Phi) is 5.79. The average Bonchev–Trinajstić information content (AvgIpc) is 3.10. The van der Waals surface area contributed by atoms with Crippen LogP contribution in [0, 0.1) is 10.8 Å². The molecule has 2 unspecified atom stereocenters. The summed E-state index contributed by atoms with van der Waals surface area (Å²) in [4.78, 5) is 15.8. The molecule has 5 nitrogen and oxygen atoms in total. The SMILES string of the molecule is NCC(=CF)COc1ccc(C23CCCC(C(=O)N4CC5(CCOCC5)C4)(CC2)C3)cc1. The molecule has 2 saturated carbocycles. The fourth-order valence-corrected chi connectivity index (χ4v) is 6.75. The first kappa shape index (κ1) is 21.9. The third-order valence-corrected chi connectivity index (χ3v) is 8.72. The molecule has 2 heterocycles. The molecule has 2 atom stereocenters. The Balaban J connectivity index is 1.25. The zero-order valence-corrected chi connectivity index (χ0v) is 18.9. The number of nitrogens with zero attached hydrogens (tertiary/aromatic N) is 1. The lowest BCUT2D eigenvalue weighted by Crippen LogP contribution is -2.63. The van der Waals surface area contributed by atoms with E-state index in [4.69, 9.17) is 15.2 Å². The van der Waals surface area contributed by atoms with Gasteiger partial charge in [0.1, 0.15) is 12.4 Å². The molecular formula is C26H35FN2O3. The van der Waals surface area contributed by atoms with Crippen molar-refractivity contribution in [2.75, 3.05) is 39.5 Å².